The van der Waals surface area contributed by atoms with Crippen LogP contribution in [0.15, 0.2) is 24.3 Å². The number of benzene rings is 1. The lowest BCUT2D eigenvalue weighted by Gasteiger charge is -2.28. The van der Waals surface area contributed by atoms with Gasteiger partial charge in [0.05, 0.1) is 40.4 Å². The van der Waals surface area contributed by atoms with E-state index in [1.807, 2.05) is 6.92 Å². The number of hydrogen-bond donors (Lipinski definition) is 1. The fraction of sp³-hybridized carbons (Fsp3) is 0.474. The summed E-state index contributed by atoms with van der Waals surface area (Å²) in [5.74, 6) is 0.529. The normalized spacial score (nSPS) is 11.9. The van der Waals surface area contributed by atoms with Crippen LogP contribution >= 0.6 is 0 Å². The predicted octanol–water partition coefficient (Wildman–Crippen LogP) is 1.88. The molecular formula is C19H27NO6. The number of aliphatic hydroxyl groups is 1. The third-order valence-corrected chi connectivity index (χ3v) is 4.03. The number of methoxy groups -OCH3 is 3. The van der Waals surface area contributed by atoms with Crippen molar-refractivity contribution < 1.29 is 28.9 Å². The van der Waals surface area contributed by atoms with Gasteiger partial charge in [-0.15, -0.1) is 0 Å². The molecule has 1 unspecified atom stereocenters. The van der Waals surface area contributed by atoms with E-state index in [1.165, 1.54) is 18.1 Å². The molecule has 0 aromatic heterocycles. The van der Waals surface area contributed by atoms with Gasteiger partial charge < -0.3 is 24.2 Å². The number of hydrogen-bond acceptors (Lipinski definition) is 6. The Morgan fingerprint density at radius 3 is 2.50 bits per heavy atom. The summed E-state index contributed by atoms with van der Waals surface area (Å²) in [6.07, 6.45) is 3.65. The van der Waals surface area contributed by atoms with Crippen molar-refractivity contribution in [3.8, 4) is 11.5 Å². The van der Waals surface area contributed by atoms with E-state index in [2.05, 4.69) is 4.74 Å². The lowest BCUT2D eigenvalue weighted by molar-refractivity contribution is -0.142. The van der Waals surface area contributed by atoms with Gasteiger partial charge in [0.1, 0.15) is 11.5 Å². The van der Waals surface area contributed by atoms with E-state index in [1.54, 1.807) is 38.5 Å². The molecule has 26 heavy (non-hydrogen) atoms. The molecule has 0 aliphatic carbocycles. The summed E-state index contributed by atoms with van der Waals surface area (Å²) in [4.78, 5) is 25.5. The Hall–Kier alpha value is -2.54. The van der Waals surface area contributed by atoms with E-state index in [0.29, 0.717) is 23.5 Å². The number of carbonyl (C=O) groups excluding carboxylic acids is 2. The summed E-state index contributed by atoms with van der Waals surface area (Å²) in [5, 5.41) is 9.53. The molecule has 0 spiro atoms. The van der Waals surface area contributed by atoms with Crippen LogP contribution in [0.3, 0.4) is 0 Å². The first-order chi connectivity index (χ1) is 12.5. The maximum Gasteiger partial charge on any atom is 0.307 e. The molecule has 0 aliphatic rings. The predicted molar refractivity (Wildman–Crippen MR) is 98.1 cm³/mol. The molecule has 7 nitrogen and oxygen atoms in total. The Balaban J connectivity index is 3.00. The minimum absolute atomic E-state index is 0.0645. The average molecular weight is 365 g/mol. The maximum atomic E-state index is 12.6. The quantitative estimate of drug-likeness (QED) is 0.503. The van der Waals surface area contributed by atoms with Crippen LogP contribution in [-0.2, 0) is 14.3 Å². The number of carbonyl (C=O) groups is 2. The Morgan fingerprint density at radius 1 is 1.23 bits per heavy atom. The van der Waals surface area contributed by atoms with Gasteiger partial charge in [-0.2, -0.15) is 0 Å². The molecule has 1 aromatic rings. The molecule has 0 heterocycles. The molecule has 0 aliphatic heterocycles. The van der Waals surface area contributed by atoms with Crippen molar-refractivity contribution in [3.63, 3.8) is 0 Å². The van der Waals surface area contributed by atoms with Crippen LogP contribution in [0.4, 0.5) is 0 Å². The van der Waals surface area contributed by atoms with Crippen molar-refractivity contribution in [1.82, 2.24) is 4.90 Å². The summed E-state index contributed by atoms with van der Waals surface area (Å²) in [6.45, 7) is 1.86. The van der Waals surface area contributed by atoms with E-state index < -0.39 is 5.97 Å². The highest BCUT2D eigenvalue weighted by molar-refractivity contribution is 5.92. The molecule has 1 N–H and O–H groups in total. The highest BCUT2D eigenvalue weighted by Crippen LogP contribution is 2.25. The Bertz CT molecular complexity index is 624. The first-order valence-electron chi connectivity index (χ1n) is 8.39. The summed E-state index contributed by atoms with van der Waals surface area (Å²) in [7, 11) is 4.40. The van der Waals surface area contributed by atoms with E-state index >= 15 is 0 Å². The van der Waals surface area contributed by atoms with Crippen molar-refractivity contribution in [2.45, 2.75) is 25.8 Å². The van der Waals surface area contributed by atoms with Gasteiger partial charge in [0.25, 0.3) is 0 Å². The topological polar surface area (TPSA) is 85.3 Å². The van der Waals surface area contributed by atoms with Gasteiger partial charge in [0.15, 0.2) is 0 Å². The minimum atomic E-state index is -0.408. The van der Waals surface area contributed by atoms with Gasteiger partial charge in [-0.05, 0) is 30.7 Å². The van der Waals surface area contributed by atoms with Gasteiger partial charge in [-0.25, -0.2) is 0 Å². The molecule has 0 radical (unpaired) electrons. The first kappa shape index (κ1) is 21.5. The van der Waals surface area contributed by atoms with Crippen LogP contribution in [0.1, 0.15) is 25.3 Å². The number of ether oxygens (including phenoxy) is 3. The molecule has 0 saturated heterocycles. The number of rotatable bonds is 10. The second kappa shape index (κ2) is 11.1. The number of esters is 1. The smallest absolute Gasteiger partial charge is 0.307 e. The summed E-state index contributed by atoms with van der Waals surface area (Å²) in [5.41, 5.74) is 0.685. The van der Waals surface area contributed by atoms with Crippen LogP contribution in [0.25, 0.3) is 6.08 Å². The Kier molecular flexibility index (Phi) is 9.22. The largest absolute Gasteiger partial charge is 0.497 e. The lowest BCUT2D eigenvalue weighted by Crippen LogP contribution is -2.42. The van der Waals surface area contributed by atoms with Crippen molar-refractivity contribution >= 4 is 18.0 Å². The standard InChI is InChI=1S/C19H27NO6/c1-5-15(13-21)20(11-10-19(23)26-4)18(22)9-6-14-12-16(24-2)7-8-17(14)25-3/h6-9,12,15,21H,5,10-11,13H2,1-4H3/b9-6+. The molecule has 144 valence electrons. The second-order valence-electron chi connectivity index (χ2n) is 5.54. The van der Waals surface area contributed by atoms with E-state index in [4.69, 9.17) is 9.47 Å². The zero-order valence-corrected chi connectivity index (χ0v) is 15.7. The molecule has 0 fully saturated rings. The molecule has 7 heteroatoms. The van der Waals surface area contributed by atoms with Gasteiger partial charge >= 0.3 is 5.97 Å². The molecule has 1 aromatic carbocycles. The average Bonchev–Trinajstić information content (AvgIpc) is 2.68. The highest BCUT2D eigenvalue weighted by atomic mass is 16.5. The highest BCUT2D eigenvalue weighted by Gasteiger charge is 2.21. The van der Waals surface area contributed by atoms with Gasteiger partial charge in [0.2, 0.25) is 5.91 Å². The molecule has 1 atom stereocenters. The Morgan fingerprint density at radius 2 is 1.96 bits per heavy atom. The van der Waals surface area contributed by atoms with Crippen LogP contribution < -0.4 is 9.47 Å². The number of amides is 1. The third kappa shape index (κ3) is 6.07. The number of nitrogens with zero attached hydrogens (tertiary/aromatic N) is 1. The van der Waals surface area contributed by atoms with Gasteiger partial charge in [-0.3, -0.25) is 9.59 Å². The first-order valence-corrected chi connectivity index (χ1v) is 8.39. The molecular weight excluding hydrogens is 338 g/mol. The fourth-order valence-electron chi connectivity index (χ4n) is 2.46. The second-order valence-corrected chi connectivity index (χ2v) is 5.54. The monoisotopic (exact) mass is 365 g/mol. The fourth-order valence-corrected chi connectivity index (χ4v) is 2.46. The van der Waals surface area contributed by atoms with Crippen molar-refractivity contribution in [2.24, 2.45) is 0 Å². The van der Waals surface area contributed by atoms with E-state index in [0.717, 1.165) is 0 Å². The SMILES string of the molecule is CCC(CO)N(CCC(=O)OC)C(=O)/C=C/c1cc(OC)ccc1OC. The zero-order chi connectivity index (χ0) is 19.5. The third-order valence-electron chi connectivity index (χ3n) is 4.03. The van der Waals surface area contributed by atoms with Crippen LogP contribution in [-0.4, -0.2) is 62.4 Å². The van der Waals surface area contributed by atoms with E-state index in [-0.39, 0.29) is 31.5 Å². The van der Waals surface area contributed by atoms with Crippen molar-refractivity contribution in [3.05, 3.63) is 29.8 Å². The summed E-state index contributed by atoms with van der Waals surface area (Å²) >= 11 is 0. The van der Waals surface area contributed by atoms with Gasteiger partial charge in [-0.1, -0.05) is 6.92 Å². The van der Waals surface area contributed by atoms with Crippen molar-refractivity contribution in [2.75, 3.05) is 34.5 Å². The number of aliphatic hydroxyl groups excluding tert-OH is 1. The molecule has 0 bridgehead atoms. The zero-order valence-electron chi connectivity index (χ0n) is 15.7. The minimum Gasteiger partial charge on any atom is -0.497 e. The summed E-state index contributed by atoms with van der Waals surface area (Å²) in [6, 6.07) is 4.90. The van der Waals surface area contributed by atoms with Crippen LogP contribution in [0.2, 0.25) is 0 Å². The molecule has 0 saturated carbocycles. The Labute approximate surface area is 154 Å². The lowest BCUT2D eigenvalue weighted by atomic mass is 10.1. The van der Waals surface area contributed by atoms with Crippen molar-refractivity contribution in [1.29, 1.82) is 0 Å². The maximum absolute atomic E-state index is 12.6. The molecule has 1 amide bonds. The molecule has 1 rings (SSSR count). The van der Waals surface area contributed by atoms with Gasteiger partial charge in [0, 0.05) is 18.2 Å². The van der Waals surface area contributed by atoms with E-state index in [9.17, 15) is 14.7 Å². The van der Waals surface area contributed by atoms with Crippen LogP contribution in [0, 0.1) is 0 Å². The van der Waals surface area contributed by atoms with Crippen LogP contribution in [0.5, 0.6) is 11.5 Å². The summed E-state index contributed by atoms with van der Waals surface area (Å²) < 4.78 is 15.1.